The van der Waals surface area contributed by atoms with E-state index in [1.807, 2.05) is 42.5 Å². The number of aliphatic hydroxyl groups is 1. The molecule has 0 heterocycles. The molecular formula is C14H14FeO2-6. The number of Topliss-reactive ketones (excluding diaryl/α,β-unsaturated/α-hetero) is 1. The van der Waals surface area contributed by atoms with Crippen LogP contribution in [0.5, 0.6) is 0 Å². The van der Waals surface area contributed by atoms with Crippen molar-refractivity contribution in [3.8, 4) is 0 Å². The first-order valence-corrected chi connectivity index (χ1v) is 5.42. The Balaban J connectivity index is 0.000000205. The van der Waals surface area contributed by atoms with Crippen LogP contribution in [0, 0.1) is 0 Å². The number of fused-ring (bicyclic) bond motifs is 1. The van der Waals surface area contributed by atoms with E-state index >= 15 is 0 Å². The average Bonchev–Trinajstić information content (AvgIpc) is 2.94. The second kappa shape index (κ2) is 6.55. The first-order valence-electron chi connectivity index (χ1n) is 5.42. The summed E-state index contributed by atoms with van der Waals surface area (Å²) in [6.45, 7) is 0. The predicted octanol–water partition coefficient (Wildman–Crippen LogP) is 2.82. The minimum Gasteiger partial charge on any atom is -0.748 e. The third kappa shape index (κ3) is 3.40. The molecule has 0 radical (unpaired) electrons. The summed E-state index contributed by atoms with van der Waals surface area (Å²) >= 11 is 0. The molecule has 0 fully saturated rings. The van der Waals surface area contributed by atoms with Crippen LogP contribution in [-0.2, 0) is 17.1 Å². The van der Waals surface area contributed by atoms with Gasteiger partial charge in [0.1, 0.15) is 5.78 Å². The number of carbonyl (C=O) groups excluding carboxylic acids is 1. The Bertz CT molecular complexity index is 425. The molecule has 1 N–H and O–H groups in total. The summed E-state index contributed by atoms with van der Waals surface area (Å²) in [5.74, 6) is 0.162. The fourth-order valence-electron chi connectivity index (χ4n) is 1.86. The number of hydrogen-bond acceptors (Lipinski definition) is 2. The molecule has 0 spiro atoms. The van der Waals surface area contributed by atoms with Crippen LogP contribution in [0.3, 0.4) is 0 Å². The number of hydrogen-bond donors (Lipinski definition) is 1. The molecule has 0 saturated carbocycles. The molecule has 1 aliphatic rings. The minimum atomic E-state index is -0.419. The summed E-state index contributed by atoms with van der Waals surface area (Å²) < 4.78 is 0. The molecule has 3 rings (SSSR count). The Morgan fingerprint density at radius 2 is 1.82 bits per heavy atom. The summed E-state index contributed by atoms with van der Waals surface area (Å²) in [4.78, 5) is 11.2. The molecule has 2 nitrogen and oxygen atoms in total. The predicted molar refractivity (Wildman–Crippen MR) is 62.6 cm³/mol. The Morgan fingerprint density at radius 3 is 2.35 bits per heavy atom. The van der Waals surface area contributed by atoms with E-state index in [0.29, 0.717) is 18.4 Å². The van der Waals surface area contributed by atoms with Gasteiger partial charge in [0.15, 0.2) is 0 Å². The van der Waals surface area contributed by atoms with E-state index in [1.54, 1.807) is 6.07 Å². The van der Waals surface area contributed by atoms with Gasteiger partial charge in [0.25, 0.3) is 0 Å². The largest absolute Gasteiger partial charge is 0.748 e. The van der Waals surface area contributed by atoms with Gasteiger partial charge in [-0.15, -0.1) is 5.56 Å². The molecule has 0 bridgehead atoms. The number of rotatable bonds is 0. The molecule has 1 unspecified atom stereocenters. The van der Waals surface area contributed by atoms with E-state index in [4.69, 9.17) is 0 Å². The third-order valence-electron chi connectivity index (χ3n) is 2.71. The van der Waals surface area contributed by atoms with Gasteiger partial charge < -0.3 is 40.2 Å². The fourth-order valence-corrected chi connectivity index (χ4v) is 1.86. The zero-order valence-electron chi connectivity index (χ0n) is 9.32. The van der Waals surface area contributed by atoms with Crippen molar-refractivity contribution >= 4 is 5.78 Å². The standard InChI is InChI=1S/C9H9O2.C5H5.Fe/c10-8-4-5-9(11)7-3-1-2-6(7)8;1-2-4-5-3-1;/h1-3,8,10H,4-5H2;1-5H;/q-1;-5;. The van der Waals surface area contributed by atoms with Crippen molar-refractivity contribution in [3.05, 3.63) is 59.7 Å². The van der Waals surface area contributed by atoms with Crippen molar-refractivity contribution in [3.63, 3.8) is 0 Å². The van der Waals surface area contributed by atoms with Crippen LogP contribution in [-0.4, -0.2) is 10.9 Å². The maximum absolute atomic E-state index is 11.2. The smallest absolute Gasteiger partial charge is 0.109 e. The first kappa shape index (κ1) is 13.9. The van der Waals surface area contributed by atoms with E-state index in [0.717, 1.165) is 5.56 Å². The minimum absolute atomic E-state index is 0. The molecule has 1 aliphatic carbocycles. The van der Waals surface area contributed by atoms with Crippen molar-refractivity contribution in [1.29, 1.82) is 0 Å². The first-order chi connectivity index (χ1) is 7.79. The molecule has 3 heteroatoms. The van der Waals surface area contributed by atoms with E-state index in [-0.39, 0.29) is 22.9 Å². The van der Waals surface area contributed by atoms with Crippen LogP contribution in [0.15, 0.2) is 48.5 Å². The molecule has 17 heavy (non-hydrogen) atoms. The summed E-state index contributed by atoms with van der Waals surface area (Å²) in [6, 6.07) is 15.4. The fraction of sp³-hybridized carbons (Fsp3) is 0.214. The summed E-state index contributed by atoms with van der Waals surface area (Å²) in [5, 5.41) is 9.42. The quantitative estimate of drug-likeness (QED) is 0.590. The van der Waals surface area contributed by atoms with Gasteiger partial charge in [0, 0.05) is 23.5 Å². The Hall–Kier alpha value is -1.15. The van der Waals surface area contributed by atoms with Gasteiger partial charge in [0.2, 0.25) is 0 Å². The van der Waals surface area contributed by atoms with Crippen LogP contribution < -0.4 is 0 Å². The Kier molecular flexibility index (Phi) is 5.36. The zero-order valence-corrected chi connectivity index (χ0v) is 10.4. The number of carbonyl (C=O) groups is 1. The molecular weight excluding hydrogens is 256 g/mol. The van der Waals surface area contributed by atoms with Crippen LogP contribution >= 0.6 is 0 Å². The van der Waals surface area contributed by atoms with E-state index in [1.165, 1.54) is 0 Å². The van der Waals surface area contributed by atoms with Crippen LogP contribution in [0.1, 0.15) is 34.9 Å². The van der Waals surface area contributed by atoms with Gasteiger partial charge in [-0.2, -0.15) is 6.07 Å². The van der Waals surface area contributed by atoms with Gasteiger partial charge in [-0.1, -0.05) is 5.56 Å². The van der Waals surface area contributed by atoms with Gasteiger partial charge in [0.05, 0.1) is 6.10 Å². The van der Waals surface area contributed by atoms with Crippen LogP contribution in [0.25, 0.3) is 0 Å². The zero-order chi connectivity index (χ0) is 11.4. The molecule has 0 amide bonds. The van der Waals surface area contributed by atoms with Gasteiger partial charge in [-0.05, 0) is 6.42 Å². The van der Waals surface area contributed by atoms with Crippen molar-refractivity contribution in [2.24, 2.45) is 0 Å². The van der Waals surface area contributed by atoms with E-state index < -0.39 is 6.10 Å². The number of aliphatic hydroxyl groups excluding tert-OH is 1. The molecule has 2 aromatic carbocycles. The monoisotopic (exact) mass is 270 g/mol. The SMILES string of the molecule is O=C1CCC(O)c2ccc[c-]21.[Fe].[cH-]1[cH-][cH-][cH-][cH-]1. The van der Waals surface area contributed by atoms with Crippen molar-refractivity contribution in [1.82, 2.24) is 0 Å². The normalized spacial score (nSPS) is 17.5. The third-order valence-corrected chi connectivity index (χ3v) is 2.71. The molecule has 96 valence electrons. The maximum atomic E-state index is 11.2. The average molecular weight is 270 g/mol. The second-order valence-electron chi connectivity index (χ2n) is 3.83. The Labute approximate surface area is 111 Å². The van der Waals surface area contributed by atoms with E-state index in [9.17, 15) is 9.90 Å². The molecule has 2 aromatic rings. The van der Waals surface area contributed by atoms with Gasteiger partial charge in [-0.25, -0.2) is 12.1 Å². The second-order valence-corrected chi connectivity index (χ2v) is 3.83. The van der Waals surface area contributed by atoms with Crippen molar-refractivity contribution < 1.29 is 27.0 Å². The molecule has 1 atom stereocenters. The van der Waals surface area contributed by atoms with Gasteiger partial charge >= 0.3 is 0 Å². The molecule has 0 aromatic heterocycles. The number of ketones is 1. The van der Waals surface area contributed by atoms with Crippen LogP contribution in [0.4, 0.5) is 0 Å². The van der Waals surface area contributed by atoms with Crippen molar-refractivity contribution in [2.75, 3.05) is 0 Å². The summed E-state index contributed by atoms with van der Waals surface area (Å²) in [6.07, 6.45) is 0.645. The maximum Gasteiger partial charge on any atom is 0.109 e. The van der Waals surface area contributed by atoms with Crippen molar-refractivity contribution in [2.45, 2.75) is 18.9 Å². The van der Waals surface area contributed by atoms with E-state index in [2.05, 4.69) is 0 Å². The van der Waals surface area contributed by atoms with Gasteiger partial charge in [-0.3, -0.25) is 0 Å². The Morgan fingerprint density at radius 1 is 1.24 bits per heavy atom. The van der Waals surface area contributed by atoms with Crippen LogP contribution in [0.2, 0.25) is 0 Å². The topological polar surface area (TPSA) is 37.3 Å². The molecule has 0 aliphatic heterocycles. The summed E-state index contributed by atoms with van der Waals surface area (Å²) in [5.41, 5.74) is 1.52. The summed E-state index contributed by atoms with van der Waals surface area (Å²) in [7, 11) is 0. The molecule has 0 saturated heterocycles.